The molecule has 0 aromatic heterocycles. The van der Waals surface area contributed by atoms with Crippen LogP contribution in [0.5, 0.6) is 0 Å². The van der Waals surface area contributed by atoms with E-state index in [1.807, 2.05) is 0 Å². The fraction of sp³-hybridized carbons (Fsp3) is 0.909. The van der Waals surface area contributed by atoms with Gasteiger partial charge in [0.25, 0.3) is 0 Å². The lowest BCUT2D eigenvalue weighted by molar-refractivity contribution is -0.172. The van der Waals surface area contributed by atoms with Crippen LogP contribution in [0.15, 0.2) is 0 Å². The van der Waals surface area contributed by atoms with E-state index in [0.717, 1.165) is 25.9 Å². The molecule has 15 heavy (non-hydrogen) atoms. The van der Waals surface area contributed by atoms with Gasteiger partial charge in [0, 0.05) is 18.6 Å². The highest BCUT2D eigenvalue weighted by atomic mass is 16.4. The summed E-state index contributed by atoms with van der Waals surface area (Å²) < 4.78 is 0. The third kappa shape index (κ3) is 1.88. The van der Waals surface area contributed by atoms with Crippen molar-refractivity contribution >= 4 is 5.97 Å². The highest BCUT2D eigenvalue weighted by Gasteiger charge is 2.46. The van der Waals surface area contributed by atoms with Crippen molar-refractivity contribution in [2.75, 3.05) is 13.1 Å². The average Bonchev–Trinajstić information content (AvgIpc) is 2.44. The van der Waals surface area contributed by atoms with Crippen LogP contribution in [0.2, 0.25) is 0 Å². The molecule has 2 aliphatic rings. The molecule has 3 unspecified atom stereocenters. The number of nitrogens with zero attached hydrogens (tertiary/aromatic N) is 2. The predicted octanol–water partition coefficient (Wildman–Crippen LogP) is 1.18. The first-order valence-corrected chi connectivity index (χ1v) is 5.66. The van der Waals surface area contributed by atoms with Gasteiger partial charge in [0.1, 0.15) is 6.04 Å². The maximum absolute atomic E-state index is 11.3. The van der Waals surface area contributed by atoms with Crippen LogP contribution in [0.3, 0.4) is 0 Å². The molecule has 3 atom stereocenters. The standard InChI is InChI=1S/C11H20N2O2/c1-11(2,3)13-9(10(14)15)6-8-4-5-12(13)7-8/h8-9H,4-7H2,1-3H3,(H,14,15). The summed E-state index contributed by atoms with van der Waals surface area (Å²) in [6.07, 6.45) is 1.96. The molecule has 0 radical (unpaired) electrons. The second kappa shape index (κ2) is 3.46. The molecule has 0 aliphatic carbocycles. The van der Waals surface area contributed by atoms with E-state index in [9.17, 15) is 9.90 Å². The Hall–Kier alpha value is -0.610. The zero-order valence-electron chi connectivity index (χ0n) is 9.73. The van der Waals surface area contributed by atoms with Crippen LogP contribution in [0, 0.1) is 5.92 Å². The zero-order chi connectivity index (χ0) is 11.2. The van der Waals surface area contributed by atoms with Gasteiger partial charge in [0.15, 0.2) is 0 Å². The van der Waals surface area contributed by atoms with E-state index in [-0.39, 0.29) is 11.6 Å². The van der Waals surface area contributed by atoms with Crippen LogP contribution in [-0.2, 0) is 4.79 Å². The summed E-state index contributed by atoms with van der Waals surface area (Å²) in [5.74, 6) is -0.0915. The van der Waals surface area contributed by atoms with Gasteiger partial charge in [-0.15, -0.1) is 0 Å². The molecule has 2 heterocycles. The Bertz CT molecular complexity index is 272. The first-order chi connectivity index (χ1) is 6.89. The summed E-state index contributed by atoms with van der Waals surface area (Å²) in [4.78, 5) is 11.3. The molecule has 0 saturated carbocycles. The van der Waals surface area contributed by atoms with Gasteiger partial charge < -0.3 is 5.11 Å². The minimum absolute atomic E-state index is 0.0988. The SMILES string of the molecule is CC(C)(C)N1C(C(=O)O)CC2CCN1C2. The van der Waals surface area contributed by atoms with Crippen LogP contribution >= 0.6 is 0 Å². The van der Waals surface area contributed by atoms with E-state index in [2.05, 4.69) is 30.8 Å². The van der Waals surface area contributed by atoms with Crippen molar-refractivity contribution in [3.63, 3.8) is 0 Å². The monoisotopic (exact) mass is 212 g/mol. The number of fused-ring (bicyclic) bond motifs is 2. The van der Waals surface area contributed by atoms with Gasteiger partial charge in [-0.05, 0) is 39.5 Å². The summed E-state index contributed by atoms with van der Waals surface area (Å²) in [7, 11) is 0. The van der Waals surface area contributed by atoms with Gasteiger partial charge in [-0.3, -0.25) is 4.79 Å². The Kier molecular flexibility index (Phi) is 2.51. The van der Waals surface area contributed by atoms with Crippen molar-refractivity contribution in [3.8, 4) is 0 Å². The van der Waals surface area contributed by atoms with Gasteiger partial charge in [-0.25, -0.2) is 10.0 Å². The van der Waals surface area contributed by atoms with E-state index >= 15 is 0 Å². The molecule has 2 saturated heterocycles. The second-order valence-electron chi connectivity index (χ2n) is 5.67. The largest absolute Gasteiger partial charge is 0.480 e. The van der Waals surface area contributed by atoms with E-state index in [4.69, 9.17) is 0 Å². The Balaban J connectivity index is 2.25. The number of carboxylic acid groups (broad SMARTS) is 1. The fourth-order valence-electron chi connectivity index (χ4n) is 2.91. The number of carbonyl (C=O) groups is 1. The van der Waals surface area contributed by atoms with Crippen molar-refractivity contribution in [1.29, 1.82) is 0 Å². The second-order valence-corrected chi connectivity index (χ2v) is 5.67. The van der Waals surface area contributed by atoms with Crippen LogP contribution in [-0.4, -0.2) is 45.8 Å². The normalized spacial score (nSPS) is 36.9. The summed E-state index contributed by atoms with van der Waals surface area (Å²) in [5.41, 5.74) is -0.0988. The van der Waals surface area contributed by atoms with E-state index in [1.54, 1.807) is 0 Å². The molecule has 86 valence electrons. The van der Waals surface area contributed by atoms with E-state index in [0.29, 0.717) is 5.92 Å². The maximum atomic E-state index is 11.3. The van der Waals surface area contributed by atoms with Crippen molar-refractivity contribution < 1.29 is 9.90 Å². The number of hydrogen-bond donors (Lipinski definition) is 1. The third-order valence-corrected chi connectivity index (χ3v) is 3.39. The zero-order valence-corrected chi connectivity index (χ0v) is 9.73. The van der Waals surface area contributed by atoms with Crippen LogP contribution in [0.25, 0.3) is 0 Å². The number of rotatable bonds is 1. The van der Waals surface area contributed by atoms with Crippen molar-refractivity contribution in [1.82, 2.24) is 10.0 Å². The number of hydrazine groups is 1. The highest BCUT2D eigenvalue weighted by Crippen LogP contribution is 2.35. The molecule has 0 spiro atoms. The Morgan fingerprint density at radius 2 is 2.07 bits per heavy atom. The Morgan fingerprint density at radius 1 is 1.40 bits per heavy atom. The minimum Gasteiger partial charge on any atom is -0.480 e. The lowest BCUT2D eigenvalue weighted by Gasteiger charge is -2.48. The number of aliphatic carboxylic acids is 1. The van der Waals surface area contributed by atoms with Crippen LogP contribution < -0.4 is 0 Å². The molecule has 4 nitrogen and oxygen atoms in total. The maximum Gasteiger partial charge on any atom is 0.322 e. The predicted molar refractivity (Wildman–Crippen MR) is 57.3 cm³/mol. The first-order valence-electron chi connectivity index (χ1n) is 5.66. The summed E-state index contributed by atoms with van der Waals surface area (Å²) in [6.45, 7) is 8.32. The van der Waals surface area contributed by atoms with Crippen molar-refractivity contribution in [2.24, 2.45) is 5.92 Å². The molecule has 4 heteroatoms. The summed E-state index contributed by atoms with van der Waals surface area (Å²) in [5, 5.41) is 13.6. The molecule has 1 N–H and O–H groups in total. The van der Waals surface area contributed by atoms with Gasteiger partial charge in [-0.2, -0.15) is 0 Å². The first kappa shape index (κ1) is 10.9. The fourth-order valence-corrected chi connectivity index (χ4v) is 2.91. The molecule has 0 aromatic rings. The lowest BCUT2D eigenvalue weighted by Crippen LogP contribution is -2.61. The third-order valence-electron chi connectivity index (χ3n) is 3.39. The van der Waals surface area contributed by atoms with Crippen LogP contribution in [0.1, 0.15) is 33.6 Å². The Morgan fingerprint density at radius 3 is 2.60 bits per heavy atom. The smallest absolute Gasteiger partial charge is 0.322 e. The molecule has 2 bridgehead atoms. The Labute approximate surface area is 90.8 Å². The van der Waals surface area contributed by atoms with Crippen molar-refractivity contribution in [2.45, 2.75) is 45.2 Å². The van der Waals surface area contributed by atoms with E-state index < -0.39 is 5.97 Å². The number of hydrogen-bond acceptors (Lipinski definition) is 3. The molecule has 0 amide bonds. The molecular formula is C11H20N2O2. The van der Waals surface area contributed by atoms with Gasteiger partial charge in [0.2, 0.25) is 0 Å². The number of carboxylic acids is 1. The minimum atomic E-state index is -0.679. The summed E-state index contributed by atoms with van der Waals surface area (Å²) >= 11 is 0. The average molecular weight is 212 g/mol. The molecular weight excluding hydrogens is 192 g/mol. The van der Waals surface area contributed by atoms with Gasteiger partial charge >= 0.3 is 5.97 Å². The quantitative estimate of drug-likeness (QED) is 0.709. The molecule has 2 rings (SSSR count). The topological polar surface area (TPSA) is 43.8 Å². The molecule has 2 fully saturated rings. The lowest BCUT2D eigenvalue weighted by atomic mass is 9.94. The van der Waals surface area contributed by atoms with Crippen LogP contribution in [0.4, 0.5) is 0 Å². The van der Waals surface area contributed by atoms with Gasteiger partial charge in [0.05, 0.1) is 0 Å². The van der Waals surface area contributed by atoms with Gasteiger partial charge in [-0.1, -0.05) is 0 Å². The van der Waals surface area contributed by atoms with E-state index in [1.165, 1.54) is 0 Å². The van der Waals surface area contributed by atoms with Crippen molar-refractivity contribution in [3.05, 3.63) is 0 Å². The molecule has 0 aromatic carbocycles. The summed E-state index contributed by atoms with van der Waals surface area (Å²) in [6, 6.07) is -0.328. The molecule has 2 aliphatic heterocycles. The highest BCUT2D eigenvalue weighted by molar-refractivity contribution is 5.73.